The molecule has 2 aliphatic heterocycles. The molecule has 1 aromatic heterocycles. The highest BCUT2D eigenvalue weighted by Gasteiger charge is 2.48. The van der Waals surface area contributed by atoms with Crippen LogP contribution in [0, 0.1) is 23.7 Å². The van der Waals surface area contributed by atoms with Crippen LogP contribution in [-0.4, -0.2) is 114 Å². The van der Waals surface area contributed by atoms with Crippen molar-refractivity contribution >= 4 is 52.5 Å². The van der Waals surface area contributed by atoms with Gasteiger partial charge >= 0.3 is 12.1 Å². The molecular weight excluding hydrogens is 778 g/mol. The summed E-state index contributed by atoms with van der Waals surface area (Å²) in [6, 6.07) is 3.61. The van der Waals surface area contributed by atoms with Crippen LogP contribution in [0.3, 0.4) is 0 Å². The van der Waals surface area contributed by atoms with Crippen molar-refractivity contribution in [2.24, 2.45) is 29.4 Å². The molecule has 3 saturated carbocycles. The van der Waals surface area contributed by atoms with Gasteiger partial charge in [0.05, 0.1) is 36.9 Å². The van der Waals surface area contributed by atoms with E-state index in [0.29, 0.717) is 84.0 Å². The Morgan fingerprint density at radius 1 is 1.03 bits per heavy atom. The van der Waals surface area contributed by atoms with Crippen LogP contribution < -0.4 is 20.5 Å². The maximum Gasteiger partial charge on any atom is 0.408 e. The zero-order valence-electron chi connectivity index (χ0n) is 34.1. The number of primary amides is 1. The summed E-state index contributed by atoms with van der Waals surface area (Å²) in [4.78, 5) is 60.2. The smallest absolute Gasteiger partial charge is 0.408 e. The van der Waals surface area contributed by atoms with Gasteiger partial charge in [0.1, 0.15) is 47.4 Å². The Labute approximate surface area is 350 Å². The van der Waals surface area contributed by atoms with E-state index in [-0.39, 0.29) is 30.9 Å². The molecule has 5 aliphatic rings. The van der Waals surface area contributed by atoms with E-state index in [4.69, 9.17) is 46.4 Å². The van der Waals surface area contributed by atoms with Crippen molar-refractivity contribution in [2.75, 3.05) is 46.0 Å². The predicted molar refractivity (Wildman–Crippen MR) is 222 cm³/mol. The number of amides is 3. The number of carbonyl (C=O) groups excluding carboxylic acids is 3. The zero-order chi connectivity index (χ0) is 41.6. The van der Waals surface area contributed by atoms with Crippen molar-refractivity contribution < 1.29 is 43.2 Å². The lowest BCUT2D eigenvalue weighted by Gasteiger charge is -2.28. The highest BCUT2D eigenvalue weighted by atomic mass is 35.5. The number of carbonyl (C=O) groups is 4. The van der Waals surface area contributed by atoms with Gasteiger partial charge in [0.15, 0.2) is 0 Å². The Bertz CT molecular complexity index is 1920. The third-order valence-corrected chi connectivity index (χ3v) is 12.6. The summed E-state index contributed by atoms with van der Waals surface area (Å²) in [6.45, 7) is 8.33. The van der Waals surface area contributed by atoms with Crippen LogP contribution in [0.2, 0.25) is 5.02 Å². The number of likely N-dealkylation sites (tertiary alicyclic amines) is 1. The normalized spacial score (nSPS) is 26.6. The van der Waals surface area contributed by atoms with Gasteiger partial charge in [0.25, 0.3) is 0 Å². The number of carboxylic acids is 1. The molecule has 3 heterocycles. The average molecular weight is 836 g/mol. The van der Waals surface area contributed by atoms with E-state index in [1.54, 1.807) is 6.07 Å². The van der Waals surface area contributed by atoms with Crippen LogP contribution in [0.1, 0.15) is 83.7 Å². The number of benzene rings is 1. The molecule has 0 bridgehead atoms. The van der Waals surface area contributed by atoms with Crippen LogP contribution in [0.25, 0.3) is 17.0 Å². The maximum absolute atomic E-state index is 14.4. The van der Waals surface area contributed by atoms with Gasteiger partial charge in [-0.3, -0.25) is 19.3 Å². The molecule has 2 unspecified atom stereocenters. The van der Waals surface area contributed by atoms with Crippen LogP contribution in [0.5, 0.6) is 11.5 Å². The number of rotatable bonds is 19. The van der Waals surface area contributed by atoms with Crippen molar-refractivity contribution in [3.63, 3.8) is 0 Å². The monoisotopic (exact) mass is 835 g/mol. The topological polar surface area (TPSA) is 183 Å². The third-order valence-electron chi connectivity index (χ3n) is 12.2. The van der Waals surface area contributed by atoms with Crippen molar-refractivity contribution in [3.05, 3.63) is 46.6 Å². The minimum Gasteiger partial charge on any atom is -0.491 e. The Kier molecular flexibility index (Phi) is 14.0. The number of hydrogen-bond donors (Lipinski definition) is 3. The minimum absolute atomic E-state index is 0.0766. The second-order valence-corrected chi connectivity index (χ2v) is 17.5. The fourth-order valence-corrected chi connectivity index (χ4v) is 9.06. The lowest BCUT2D eigenvalue weighted by Crippen LogP contribution is -2.53. The molecule has 59 heavy (non-hydrogen) atoms. The molecule has 3 amide bonds. The molecule has 4 N–H and O–H groups in total. The average Bonchev–Trinajstić information content (AvgIpc) is 4.06. The van der Waals surface area contributed by atoms with E-state index < -0.39 is 42.1 Å². The standard InChI is InChI=1S/C44H58ClN5O9/c1-26(2)18-30-23-38(33-10-11-37(39(45)40(33)47-30)57-17-14-49-12-15-56-16-13-49)58-32-24-36(41(46)51)50(25-32)42(52)35(48-44(55)59-31-20-28-19-29(28)21-31)9-7-5-3-4-6-8-27-22-34(27)43(53)54/h6,8,10-11,18,23,27-29,31-32,34-36H,3-5,7,9,12-17,19-22,24-25H2,1-2H3,(H2,46,51)(H,48,55)(H,53,54)/b8-6-/t27-,28-,29+,31?,32?,34+,35+,36+/m1/s1. The van der Waals surface area contributed by atoms with Crippen LogP contribution in [-0.2, 0) is 23.9 Å². The summed E-state index contributed by atoms with van der Waals surface area (Å²) < 4.78 is 24.0. The predicted octanol–water partition coefficient (Wildman–Crippen LogP) is 5.98. The quantitative estimate of drug-likeness (QED) is 0.112. The number of pyridine rings is 1. The first kappa shape index (κ1) is 42.7. The lowest BCUT2D eigenvalue weighted by molar-refractivity contribution is -0.139. The number of fused-ring (bicyclic) bond motifs is 2. The number of aromatic nitrogens is 1. The number of halogens is 1. The summed E-state index contributed by atoms with van der Waals surface area (Å²) in [5.41, 5.74) is 8.08. The largest absolute Gasteiger partial charge is 0.491 e. The summed E-state index contributed by atoms with van der Waals surface area (Å²) in [5.74, 6) is 0.275. The molecule has 5 fully saturated rings. The number of nitrogens with one attached hydrogen (secondary N) is 1. The van der Waals surface area contributed by atoms with Gasteiger partial charge in [0.2, 0.25) is 11.8 Å². The van der Waals surface area contributed by atoms with Gasteiger partial charge in [0, 0.05) is 37.5 Å². The fourth-order valence-electron chi connectivity index (χ4n) is 8.80. The molecule has 7 rings (SSSR count). The number of alkyl carbamates (subject to hydrolysis) is 1. The van der Waals surface area contributed by atoms with Crippen molar-refractivity contribution in [3.8, 4) is 11.5 Å². The lowest BCUT2D eigenvalue weighted by atomic mass is 10.0. The van der Waals surface area contributed by atoms with Gasteiger partial charge in [-0.25, -0.2) is 9.78 Å². The summed E-state index contributed by atoms with van der Waals surface area (Å²) in [5, 5.41) is 13.0. The van der Waals surface area contributed by atoms with E-state index in [1.165, 1.54) is 11.3 Å². The van der Waals surface area contributed by atoms with Crippen molar-refractivity contribution in [1.29, 1.82) is 0 Å². The molecular formula is C44H58ClN5O9. The summed E-state index contributed by atoms with van der Waals surface area (Å²) in [7, 11) is 0. The molecule has 3 aliphatic carbocycles. The Morgan fingerprint density at radius 3 is 2.53 bits per heavy atom. The third kappa shape index (κ3) is 11.3. The van der Waals surface area contributed by atoms with Crippen molar-refractivity contribution in [1.82, 2.24) is 20.1 Å². The number of allylic oxidation sites excluding steroid dienone is 3. The molecule has 15 heteroatoms. The number of morpholine rings is 1. The van der Waals surface area contributed by atoms with E-state index >= 15 is 0 Å². The minimum atomic E-state index is -0.947. The molecule has 2 aromatic rings. The summed E-state index contributed by atoms with van der Waals surface area (Å²) in [6.07, 6.45) is 11.7. The maximum atomic E-state index is 14.4. The first-order valence-electron chi connectivity index (χ1n) is 21.3. The first-order valence-corrected chi connectivity index (χ1v) is 21.7. The summed E-state index contributed by atoms with van der Waals surface area (Å²) >= 11 is 6.96. The van der Waals surface area contributed by atoms with Gasteiger partial charge in [-0.1, -0.05) is 42.2 Å². The van der Waals surface area contributed by atoms with Crippen LogP contribution >= 0.6 is 11.6 Å². The zero-order valence-corrected chi connectivity index (χ0v) is 34.9. The second kappa shape index (κ2) is 19.3. The number of nitrogens with two attached hydrogens (primary N) is 1. The van der Waals surface area contributed by atoms with Gasteiger partial charge in [-0.15, -0.1) is 0 Å². The number of hydrogen-bond acceptors (Lipinski definition) is 10. The van der Waals surface area contributed by atoms with E-state index in [9.17, 15) is 19.2 Å². The fraction of sp³-hybridized carbons (Fsp3) is 0.614. The van der Waals surface area contributed by atoms with Gasteiger partial charge in [-0.2, -0.15) is 0 Å². The first-order chi connectivity index (χ1) is 28.4. The van der Waals surface area contributed by atoms with Crippen LogP contribution in [0.15, 0.2) is 35.9 Å². The highest BCUT2D eigenvalue weighted by molar-refractivity contribution is 6.36. The molecule has 320 valence electrons. The number of carboxylic acid groups (broad SMARTS) is 1. The number of ether oxygens (including phenoxy) is 4. The Morgan fingerprint density at radius 2 is 1.81 bits per heavy atom. The van der Waals surface area contributed by atoms with E-state index in [1.807, 2.05) is 44.2 Å². The van der Waals surface area contributed by atoms with Crippen LogP contribution in [0.4, 0.5) is 4.79 Å². The molecule has 2 saturated heterocycles. The number of nitrogens with zero attached hydrogens (tertiary/aromatic N) is 3. The van der Waals surface area contributed by atoms with Crippen molar-refractivity contribution in [2.45, 2.75) is 102 Å². The number of aliphatic carboxylic acids is 1. The Hall–Kier alpha value is -4.40. The van der Waals surface area contributed by atoms with E-state index in [2.05, 4.69) is 10.2 Å². The molecule has 0 spiro atoms. The molecule has 1 aromatic carbocycles. The van der Waals surface area contributed by atoms with Gasteiger partial charge < -0.3 is 40.0 Å². The SMILES string of the molecule is CC(C)=Cc1cc(OC2C[C@@H](C(N)=O)N(C(=O)[C@H](CCCCC/C=C\[C@@H]3C[C@@H]3C(=O)O)NC(=O)OC3C[C@@H]4C[C@@H]4C3)C2)c2ccc(OCCN3CCOCC3)c(Cl)c2n1. The molecule has 8 atom stereocenters. The molecule has 0 radical (unpaired) electrons. The number of unbranched alkanes of at least 4 members (excludes halogenated alkanes) is 3. The van der Waals surface area contributed by atoms with Gasteiger partial charge in [-0.05, 0) is 94.8 Å². The molecule has 14 nitrogen and oxygen atoms in total. The highest BCUT2D eigenvalue weighted by Crippen LogP contribution is 2.52. The van der Waals surface area contributed by atoms with E-state index in [0.717, 1.165) is 57.3 Å². The Balaban J connectivity index is 1.03. The second-order valence-electron chi connectivity index (χ2n) is 17.1.